The van der Waals surface area contributed by atoms with Gasteiger partial charge in [0.2, 0.25) is 11.8 Å². The average molecular weight is 414 g/mol. The van der Waals surface area contributed by atoms with Gasteiger partial charge in [-0.05, 0) is 44.9 Å². The highest BCUT2D eigenvalue weighted by molar-refractivity contribution is 5.80. The number of likely N-dealkylation sites (tertiary alicyclic amines) is 1. The first kappa shape index (κ1) is 20.9. The van der Waals surface area contributed by atoms with Crippen molar-refractivity contribution in [3.05, 3.63) is 36.1 Å². The number of rotatable bonds is 5. The molecule has 0 radical (unpaired) electrons. The van der Waals surface area contributed by atoms with Crippen LogP contribution in [0.15, 0.2) is 34.7 Å². The molecule has 0 aliphatic carbocycles. The van der Waals surface area contributed by atoms with Crippen LogP contribution in [0.25, 0.3) is 11.0 Å². The van der Waals surface area contributed by atoms with Gasteiger partial charge in [0.1, 0.15) is 11.3 Å². The number of carbonyl (C=O) groups is 2. The Morgan fingerprint density at radius 1 is 1.03 bits per heavy atom. The van der Waals surface area contributed by atoms with E-state index in [0.717, 1.165) is 49.0 Å². The molecular formula is C23H31N3O4. The van der Waals surface area contributed by atoms with Crippen molar-refractivity contribution in [2.45, 2.75) is 38.3 Å². The Morgan fingerprint density at radius 2 is 1.83 bits per heavy atom. The van der Waals surface area contributed by atoms with Gasteiger partial charge in [0.25, 0.3) is 0 Å². The van der Waals surface area contributed by atoms with E-state index in [9.17, 15) is 9.59 Å². The second kappa shape index (κ2) is 9.62. The average Bonchev–Trinajstić information content (AvgIpc) is 3.09. The maximum Gasteiger partial charge on any atom is 0.224 e. The molecule has 2 aromatic rings. The molecule has 1 aromatic heterocycles. The van der Waals surface area contributed by atoms with E-state index >= 15 is 0 Å². The number of hydrogen-bond donors (Lipinski definition) is 2. The van der Waals surface area contributed by atoms with Gasteiger partial charge in [-0.25, -0.2) is 0 Å². The van der Waals surface area contributed by atoms with Crippen molar-refractivity contribution in [3.8, 4) is 0 Å². The lowest BCUT2D eigenvalue weighted by Crippen LogP contribution is -2.45. The summed E-state index contributed by atoms with van der Waals surface area (Å²) < 4.78 is 11.1. The van der Waals surface area contributed by atoms with Gasteiger partial charge in [0.05, 0.1) is 12.5 Å². The zero-order chi connectivity index (χ0) is 20.9. The maximum absolute atomic E-state index is 12.8. The summed E-state index contributed by atoms with van der Waals surface area (Å²) in [5.41, 5.74) is 0.832. The summed E-state index contributed by atoms with van der Waals surface area (Å²) in [4.78, 5) is 27.5. The Bertz CT molecular complexity index is 841. The largest absolute Gasteiger partial charge is 0.459 e. The minimum absolute atomic E-state index is 0.0405. The molecule has 0 bridgehead atoms. The van der Waals surface area contributed by atoms with Crippen molar-refractivity contribution in [2.24, 2.45) is 11.8 Å². The lowest BCUT2D eigenvalue weighted by atomic mass is 9.97. The van der Waals surface area contributed by atoms with Crippen molar-refractivity contribution < 1.29 is 18.7 Å². The fraction of sp³-hybridized carbons (Fsp3) is 0.565. The summed E-state index contributed by atoms with van der Waals surface area (Å²) in [6.07, 6.45) is 3.15. The van der Waals surface area contributed by atoms with Gasteiger partial charge in [0.15, 0.2) is 0 Å². The molecule has 7 heteroatoms. The quantitative estimate of drug-likeness (QED) is 0.786. The molecule has 4 rings (SSSR count). The van der Waals surface area contributed by atoms with E-state index in [0.29, 0.717) is 26.3 Å². The standard InChI is InChI=1S/C23H31N3O4/c1-26-14-18(6-7-19(15-26)25-23(28)16-8-10-29-11-9-16)22(27)24-13-20-12-17-4-2-3-5-21(17)30-20/h2-5,12,16,18-19H,6-11,13-15H2,1H3,(H,24,27)(H,25,28)/t18-,19+/m1/s1. The van der Waals surface area contributed by atoms with E-state index in [1.807, 2.05) is 37.4 Å². The van der Waals surface area contributed by atoms with Crippen LogP contribution in [-0.2, 0) is 20.9 Å². The van der Waals surface area contributed by atoms with Crippen LogP contribution in [0.4, 0.5) is 0 Å². The number of hydrogen-bond acceptors (Lipinski definition) is 5. The number of ether oxygens (including phenoxy) is 1. The smallest absolute Gasteiger partial charge is 0.224 e. The van der Waals surface area contributed by atoms with Gasteiger partial charge in [-0.15, -0.1) is 0 Å². The molecule has 7 nitrogen and oxygen atoms in total. The highest BCUT2D eigenvalue weighted by Gasteiger charge is 2.29. The predicted octanol–water partition coefficient (Wildman–Crippen LogP) is 2.30. The third-order valence-corrected chi connectivity index (χ3v) is 6.15. The number of furan rings is 1. The monoisotopic (exact) mass is 413 g/mol. The molecule has 2 aliphatic rings. The highest BCUT2D eigenvalue weighted by Crippen LogP contribution is 2.21. The molecule has 2 atom stereocenters. The van der Waals surface area contributed by atoms with Gasteiger partial charge >= 0.3 is 0 Å². The predicted molar refractivity (Wildman–Crippen MR) is 114 cm³/mol. The highest BCUT2D eigenvalue weighted by atomic mass is 16.5. The third kappa shape index (κ3) is 5.21. The summed E-state index contributed by atoms with van der Waals surface area (Å²) in [5.74, 6) is 0.885. The number of amides is 2. The minimum atomic E-state index is -0.0932. The lowest BCUT2D eigenvalue weighted by Gasteiger charge is -2.26. The molecule has 162 valence electrons. The molecule has 3 heterocycles. The first-order valence-electron chi connectivity index (χ1n) is 10.9. The Balaban J connectivity index is 1.28. The lowest BCUT2D eigenvalue weighted by molar-refractivity contribution is -0.128. The van der Waals surface area contributed by atoms with Crippen LogP contribution in [0.5, 0.6) is 0 Å². The summed E-state index contributed by atoms with van der Waals surface area (Å²) in [7, 11) is 2.01. The molecular weight excluding hydrogens is 382 g/mol. The number of carbonyl (C=O) groups excluding carboxylic acids is 2. The maximum atomic E-state index is 12.8. The first-order chi connectivity index (χ1) is 14.6. The number of fused-ring (bicyclic) bond motifs is 1. The van der Waals surface area contributed by atoms with Crippen LogP contribution in [0.3, 0.4) is 0 Å². The van der Waals surface area contributed by atoms with E-state index in [-0.39, 0.29) is 29.7 Å². The SMILES string of the molecule is CN1C[C@@H](NC(=O)C2CCOCC2)CC[C@@H](C(=O)NCc2cc3ccccc3o2)C1. The minimum Gasteiger partial charge on any atom is -0.459 e. The summed E-state index contributed by atoms with van der Waals surface area (Å²) in [6.45, 7) is 3.17. The molecule has 0 unspecified atom stereocenters. The second-order valence-electron chi connectivity index (χ2n) is 8.56. The van der Waals surface area contributed by atoms with Crippen LogP contribution < -0.4 is 10.6 Å². The Kier molecular flexibility index (Phi) is 6.69. The van der Waals surface area contributed by atoms with Crippen LogP contribution in [0, 0.1) is 11.8 Å². The summed E-state index contributed by atoms with van der Waals surface area (Å²) >= 11 is 0. The number of para-hydroxylation sites is 1. The van der Waals surface area contributed by atoms with Gasteiger partial charge in [-0.2, -0.15) is 0 Å². The number of benzene rings is 1. The molecule has 0 saturated carbocycles. The molecule has 2 aliphatic heterocycles. The molecule has 2 amide bonds. The van der Waals surface area contributed by atoms with E-state index < -0.39 is 0 Å². The molecule has 1 aromatic carbocycles. The van der Waals surface area contributed by atoms with Crippen molar-refractivity contribution in [2.75, 3.05) is 33.4 Å². The van der Waals surface area contributed by atoms with Crippen molar-refractivity contribution >= 4 is 22.8 Å². The molecule has 2 N–H and O–H groups in total. The van der Waals surface area contributed by atoms with Crippen molar-refractivity contribution in [1.29, 1.82) is 0 Å². The first-order valence-corrected chi connectivity index (χ1v) is 10.9. The van der Waals surface area contributed by atoms with Crippen molar-refractivity contribution in [3.63, 3.8) is 0 Å². The molecule has 2 saturated heterocycles. The van der Waals surface area contributed by atoms with Crippen LogP contribution in [0.1, 0.15) is 31.4 Å². The zero-order valence-electron chi connectivity index (χ0n) is 17.6. The van der Waals surface area contributed by atoms with E-state index in [1.54, 1.807) is 0 Å². The topological polar surface area (TPSA) is 83.8 Å². The van der Waals surface area contributed by atoms with Crippen LogP contribution in [0.2, 0.25) is 0 Å². The number of nitrogens with zero attached hydrogens (tertiary/aromatic N) is 1. The molecule has 30 heavy (non-hydrogen) atoms. The van der Waals surface area contributed by atoms with E-state index in [4.69, 9.17) is 9.15 Å². The van der Waals surface area contributed by atoms with Crippen molar-refractivity contribution in [1.82, 2.24) is 15.5 Å². The Hall–Kier alpha value is -2.38. The second-order valence-corrected chi connectivity index (χ2v) is 8.56. The normalized spacial score (nSPS) is 23.8. The fourth-order valence-corrected chi connectivity index (χ4v) is 4.47. The zero-order valence-corrected chi connectivity index (χ0v) is 17.6. The Morgan fingerprint density at radius 3 is 2.63 bits per heavy atom. The fourth-order valence-electron chi connectivity index (χ4n) is 4.47. The van der Waals surface area contributed by atoms with Gasteiger partial charge in [-0.3, -0.25) is 9.59 Å². The van der Waals surface area contributed by atoms with Gasteiger partial charge in [0, 0.05) is 43.6 Å². The summed E-state index contributed by atoms with van der Waals surface area (Å²) in [5, 5.41) is 7.27. The van der Waals surface area contributed by atoms with Gasteiger partial charge in [-0.1, -0.05) is 18.2 Å². The van der Waals surface area contributed by atoms with Crippen LogP contribution in [-0.4, -0.2) is 56.1 Å². The Labute approximate surface area is 177 Å². The van der Waals surface area contributed by atoms with E-state index in [1.165, 1.54) is 0 Å². The third-order valence-electron chi connectivity index (χ3n) is 6.15. The number of nitrogens with one attached hydrogen (secondary N) is 2. The van der Waals surface area contributed by atoms with Crippen LogP contribution >= 0.6 is 0 Å². The number of likely N-dealkylation sites (N-methyl/N-ethyl adjacent to an activating group) is 1. The van der Waals surface area contributed by atoms with Gasteiger partial charge < -0.3 is 24.7 Å². The van der Waals surface area contributed by atoms with E-state index in [2.05, 4.69) is 15.5 Å². The molecule has 2 fully saturated rings. The summed E-state index contributed by atoms with van der Waals surface area (Å²) in [6, 6.07) is 9.88. The molecule has 0 spiro atoms.